The third-order valence-corrected chi connectivity index (χ3v) is 12.0. The van der Waals surface area contributed by atoms with Gasteiger partial charge in [0.25, 0.3) is 0 Å². The van der Waals surface area contributed by atoms with Crippen LogP contribution >= 0.6 is 0 Å². The maximum atomic E-state index is 5.62. The Labute approximate surface area is 329 Å². The van der Waals surface area contributed by atoms with Crippen molar-refractivity contribution in [3.8, 4) is 33.8 Å². The Kier molecular flexibility index (Phi) is 6.84. The molecule has 0 spiro atoms. The van der Waals surface area contributed by atoms with Gasteiger partial charge in [-0.2, -0.15) is 0 Å². The zero-order valence-electron chi connectivity index (χ0n) is 30.9. The summed E-state index contributed by atoms with van der Waals surface area (Å²) in [6.45, 7) is 0.694. The smallest absolute Gasteiger partial charge is 0.0971 e. The first-order chi connectivity index (χ1) is 28.3. The molecule has 0 unspecified atom stereocenters. The van der Waals surface area contributed by atoms with Crippen molar-refractivity contribution in [3.63, 3.8) is 0 Å². The van der Waals surface area contributed by atoms with Crippen molar-refractivity contribution in [1.82, 2.24) is 19.1 Å². The van der Waals surface area contributed by atoms with Crippen molar-refractivity contribution in [2.45, 2.75) is 5.41 Å². The number of hydrogen-bond donors (Lipinski definition) is 0. The Hall–Kier alpha value is -7.50. The van der Waals surface area contributed by atoms with E-state index in [-0.39, 0.29) is 0 Å². The largest absolute Gasteiger partial charge is 0.679 e. The van der Waals surface area contributed by atoms with Crippen molar-refractivity contribution >= 4 is 44.6 Å². The zero-order chi connectivity index (χ0) is 37.5. The minimum Gasteiger partial charge on any atom is -0.679 e. The van der Waals surface area contributed by atoms with Crippen LogP contribution in [0.3, 0.4) is 0 Å². The average Bonchev–Trinajstić information content (AvgIpc) is 3.90. The Morgan fingerprint density at radius 1 is 0.544 bits per heavy atom. The van der Waals surface area contributed by atoms with Gasteiger partial charge in [-0.25, -0.2) is 4.98 Å². The summed E-state index contributed by atoms with van der Waals surface area (Å²) in [5, 5.41) is 7.03. The topological polar surface area (TPSA) is 49.7 Å². The average molecular weight is 729 g/mol. The van der Waals surface area contributed by atoms with Gasteiger partial charge in [0, 0.05) is 51.4 Å². The van der Waals surface area contributed by atoms with Gasteiger partial charge in [0.1, 0.15) is 0 Å². The highest BCUT2D eigenvalue weighted by atomic mass is 15.0. The molecule has 6 aromatic carbocycles. The van der Waals surface area contributed by atoms with Gasteiger partial charge in [0.15, 0.2) is 0 Å². The maximum absolute atomic E-state index is 5.62. The van der Waals surface area contributed by atoms with Crippen LogP contribution in [-0.4, -0.2) is 25.6 Å². The fraction of sp³-hybridized carbons (Fsp3) is 0.0385. The highest BCUT2D eigenvalue weighted by molar-refractivity contribution is 6.09. The van der Waals surface area contributed by atoms with E-state index < -0.39 is 5.41 Å². The van der Waals surface area contributed by atoms with Gasteiger partial charge in [-0.3, -0.25) is 4.98 Å². The number of para-hydroxylation sites is 1. The Morgan fingerprint density at radius 2 is 1.18 bits per heavy atom. The second-order valence-electron chi connectivity index (χ2n) is 14.9. The summed E-state index contributed by atoms with van der Waals surface area (Å²) in [7, 11) is 0. The first-order valence-electron chi connectivity index (χ1n) is 19.5. The van der Waals surface area contributed by atoms with Crippen LogP contribution in [0.1, 0.15) is 27.9 Å². The number of fused-ring (bicyclic) bond motifs is 9. The molecule has 5 heterocycles. The first kappa shape index (κ1) is 31.8. The molecule has 2 aliphatic rings. The summed E-state index contributed by atoms with van der Waals surface area (Å²) >= 11 is 0. The molecule has 5 heteroatoms. The van der Waals surface area contributed by atoms with Crippen LogP contribution in [0.25, 0.3) is 78.0 Å². The van der Waals surface area contributed by atoms with Crippen LogP contribution in [0.5, 0.6) is 0 Å². The van der Waals surface area contributed by atoms with Crippen LogP contribution in [0.15, 0.2) is 188 Å². The molecule has 57 heavy (non-hydrogen) atoms. The number of pyridine rings is 2. The molecule has 10 aromatic rings. The second kappa shape index (κ2) is 12.3. The molecule has 0 fully saturated rings. The highest BCUT2D eigenvalue weighted by Gasteiger charge is 2.47. The first-order valence-corrected chi connectivity index (χ1v) is 19.5. The van der Waals surface area contributed by atoms with Gasteiger partial charge in [-0.15, -0.1) is 18.3 Å². The summed E-state index contributed by atoms with van der Waals surface area (Å²) in [6.07, 6.45) is 8.07. The van der Waals surface area contributed by atoms with Crippen molar-refractivity contribution in [1.29, 1.82) is 0 Å². The minimum atomic E-state index is -0.527. The van der Waals surface area contributed by atoms with E-state index in [0.717, 1.165) is 72.4 Å². The minimum absolute atomic E-state index is 0.527. The number of aromatic nitrogens is 4. The molecule has 5 nitrogen and oxygen atoms in total. The number of hydrogen-bond acceptors (Lipinski definition) is 2. The van der Waals surface area contributed by atoms with E-state index in [1.54, 1.807) is 0 Å². The van der Waals surface area contributed by atoms with E-state index >= 15 is 0 Å². The lowest BCUT2D eigenvalue weighted by molar-refractivity contribution is 0.767. The summed E-state index contributed by atoms with van der Waals surface area (Å²) in [6, 6.07) is 61.7. The Balaban J connectivity index is 1.01. The summed E-state index contributed by atoms with van der Waals surface area (Å²) < 4.78 is 4.68. The van der Waals surface area contributed by atoms with Crippen LogP contribution in [0.2, 0.25) is 0 Å². The van der Waals surface area contributed by atoms with E-state index in [1.165, 1.54) is 27.8 Å². The molecule has 0 saturated heterocycles. The predicted molar refractivity (Wildman–Crippen MR) is 233 cm³/mol. The van der Waals surface area contributed by atoms with Crippen LogP contribution < -0.4 is 0 Å². The van der Waals surface area contributed by atoms with E-state index in [0.29, 0.717) is 6.54 Å². The Morgan fingerprint density at radius 3 is 1.91 bits per heavy atom. The highest BCUT2D eigenvalue weighted by Crippen LogP contribution is 2.56. The van der Waals surface area contributed by atoms with Crippen molar-refractivity contribution in [2.75, 3.05) is 6.54 Å². The third-order valence-electron chi connectivity index (χ3n) is 12.0. The molecular formula is C52H34N5-. The van der Waals surface area contributed by atoms with Gasteiger partial charge < -0.3 is 14.5 Å². The van der Waals surface area contributed by atoms with Crippen molar-refractivity contribution < 1.29 is 0 Å². The molecule has 4 aromatic heterocycles. The third kappa shape index (κ3) is 4.51. The van der Waals surface area contributed by atoms with Crippen LogP contribution in [0, 0.1) is 0 Å². The molecule has 268 valence electrons. The molecular weight excluding hydrogens is 695 g/mol. The SMILES string of the molecule is C1=Cc2c(c3cnccc3n2-c2ccc(-c3ccc(-n4c5ccccc5c5nc6c(cc54)C(c4ccccc4)(c4ccccc4)c4ccccc4-6)cc3)cc2)[N-]C1. The normalized spacial score (nSPS) is 13.8. The summed E-state index contributed by atoms with van der Waals surface area (Å²) in [5.41, 5.74) is 17.6. The van der Waals surface area contributed by atoms with Gasteiger partial charge in [-0.05, 0) is 76.4 Å². The molecule has 0 saturated carbocycles. The maximum Gasteiger partial charge on any atom is 0.0971 e. The molecule has 0 atom stereocenters. The van der Waals surface area contributed by atoms with Gasteiger partial charge in [0.2, 0.25) is 0 Å². The molecule has 1 aliphatic heterocycles. The predicted octanol–water partition coefficient (Wildman–Crippen LogP) is 12.6. The molecule has 12 rings (SSSR count). The molecule has 1 aliphatic carbocycles. The standard InChI is InChI=1S/C52H34N5/c1-3-12-36(13-4-1)52(37-14-5-2-6-15-37)43-18-9-7-16-40(43)49-44(52)32-48-51(55-49)41-17-8-10-19-45(41)57(48)39-27-23-35(24-28-39)34-21-25-38(26-22-34)56-46-29-31-53-33-42(46)50-47(56)20-11-30-54-50/h1-29,31-33H,30H2/q-1. The lowest BCUT2D eigenvalue weighted by atomic mass is 9.68. The molecule has 0 radical (unpaired) electrons. The van der Waals surface area contributed by atoms with E-state index in [2.05, 4.69) is 196 Å². The van der Waals surface area contributed by atoms with Crippen molar-refractivity contribution in [2.24, 2.45) is 0 Å². The quantitative estimate of drug-likeness (QED) is 0.177. The number of nitrogens with zero attached hydrogens (tertiary/aromatic N) is 5. The van der Waals surface area contributed by atoms with E-state index in [4.69, 9.17) is 10.3 Å². The summed E-state index contributed by atoms with van der Waals surface area (Å²) in [4.78, 5) is 10.0. The number of benzene rings is 6. The lowest BCUT2D eigenvalue weighted by Crippen LogP contribution is -2.28. The van der Waals surface area contributed by atoms with E-state index in [1.807, 2.05) is 12.4 Å². The number of rotatable bonds is 5. The fourth-order valence-electron chi connectivity index (χ4n) is 9.62. The van der Waals surface area contributed by atoms with Gasteiger partial charge in [0.05, 0.1) is 33.2 Å². The second-order valence-corrected chi connectivity index (χ2v) is 14.9. The van der Waals surface area contributed by atoms with E-state index in [9.17, 15) is 0 Å². The monoisotopic (exact) mass is 728 g/mol. The van der Waals surface area contributed by atoms with Crippen molar-refractivity contribution in [3.05, 3.63) is 222 Å². The molecule has 0 bridgehead atoms. The van der Waals surface area contributed by atoms with Crippen LogP contribution in [0.4, 0.5) is 5.69 Å². The lowest BCUT2D eigenvalue weighted by Gasteiger charge is -2.33. The van der Waals surface area contributed by atoms with Gasteiger partial charge in [-0.1, -0.05) is 127 Å². The van der Waals surface area contributed by atoms with Crippen LogP contribution in [-0.2, 0) is 5.41 Å². The molecule has 0 amide bonds. The Bertz CT molecular complexity index is 3170. The summed E-state index contributed by atoms with van der Waals surface area (Å²) in [5.74, 6) is 0. The van der Waals surface area contributed by atoms with Gasteiger partial charge >= 0.3 is 0 Å². The molecule has 0 N–H and O–H groups in total. The fourth-order valence-corrected chi connectivity index (χ4v) is 9.62. The zero-order valence-corrected chi connectivity index (χ0v) is 30.9.